The van der Waals surface area contributed by atoms with E-state index in [1.165, 1.54) is 5.57 Å². The smallest absolute Gasteiger partial charge is 0.148 e. The summed E-state index contributed by atoms with van der Waals surface area (Å²) in [5, 5.41) is 10.5. The second-order valence-corrected chi connectivity index (χ2v) is 7.40. The van der Waals surface area contributed by atoms with Crippen molar-refractivity contribution in [1.82, 2.24) is 0 Å². The molecule has 1 aliphatic heterocycles. The van der Waals surface area contributed by atoms with E-state index in [9.17, 15) is 5.11 Å². The standard InChI is InChI=1S/C14H22OS.Ba/c1-10(2)8-12-6-5-7-14(15)13(12,16-14)9-11(3)4;/h5-7,10-11,15H,8-9H2,1-4H3;. The summed E-state index contributed by atoms with van der Waals surface area (Å²) in [5.41, 5.74) is 1.44. The van der Waals surface area contributed by atoms with Gasteiger partial charge >= 0.3 is 0 Å². The molecule has 2 unspecified atom stereocenters. The summed E-state index contributed by atoms with van der Waals surface area (Å²) in [5.74, 6) is 1.29. The summed E-state index contributed by atoms with van der Waals surface area (Å²) < 4.78 is 0.000185. The zero-order valence-corrected chi connectivity index (χ0v) is 16.6. The van der Waals surface area contributed by atoms with Gasteiger partial charge in [0.2, 0.25) is 0 Å². The first kappa shape index (κ1) is 16.4. The van der Waals surface area contributed by atoms with Gasteiger partial charge in [-0.05, 0) is 36.3 Å². The number of hydrogen-bond donors (Lipinski definition) is 1. The first-order chi connectivity index (χ1) is 7.40. The minimum absolute atomic E-state index is 0. The van der Waals surface area contributed by atoms with Gasteiger partial charge in [-0.1, -0.05) is 39.8 Å². The molecule has 1 saturated heterocycles. The molecule has 3 heteroatoms. The minimum atomic E-state index is -0.601. The van der Waals surface area contributed by atoms with Crippen molar-refractivity contribution in [2.75, 3.05) is 0 Å². The summed E-state index contributed by atoms with van der Waals surface area (Å²) >= 11 is 1.73. The van der Waals surface area contributed by atoms with Crippen LogP contribution in [0.4, 0.5) is 0 Å². The fourth-order valence-electron chi connectivity index (χ4n) is 2.70. The van der Waals surface area contributed by atoms with Crippen LogP contribution in [0.25, 0.3) is 0 Å². The Labute approximate surface area is 150 Å². The van der Waals surface area contributed by atoms with Crippen LogP contribution in [0.1, 0.15) is 40.5 Å². The Kier molecular flexibility index (Phi) is 5.58. The third kappa shape index (κ3) is 3.10. The molecule has 1 aliphatic carbocycles. The van der Waals surface area contributed by atoms with Gasteiger partial charge in [-0.25, -0.2) is 0 Å². The molecule has 0 amide bonds. The minimum Gasteiger partial charge on any atom is -0.374 e. The third-order valence-electron chi connectivity index (χ3n) is 3.33. The van der Waals surface area contributed by atoms with E-state index in [2.05, 4.69) is 33.8 Å². The number of thioether (sulfide) groups is 1. The maximum absolute atomic E-state index is 10.5. The second-order valence-electron chi connectivity index (χ2n) is 5.87. The molecular formula is C14H22BaOS. The second kappa shape index (κ2) is 5.78. The summed E-state index contributed by atoms with van der Waals surface area (Å²) in [4.78, 5) is -0.601. The van der Waals surface area contributed by atoms with Crippen LogP contribution in [-0.4, -0.2) is 63.7 Å². The molecule has 0 aromatic heterocycles. The topological polar surface area (TPSA) is 20.2 Å². The molecule has 0 aromatic rings. The maximum atomic E-state index is 10.5. The van der Waals surface area contributed by atoms with Crippen LogP contribution in [-0.2, 0) is 0 Å². The Balaban J connectivity index is 0.00000144. The molecule has 1 N–H and O–H groups in total. The maximum Gasteiger partial charge on any atom is 0.148 e. The van der Waals surface area contributed by atoms with Gasteiger partial charge in [-0.3, -0.25) is 0 Å². The molecule has 2 aliphatic rings. The average molecular weight is 376 g/mol. The molecule has 2 atom stereocenters. The van der Waals surface area contributed by atoms with Crippen LogP contribution in [0, 0.1) is 11.8 Å². The van der Waals surface area contributed by atoms with Crippen molar-refractivity contribution in [2.24, 2.45) is 11.8 Å². The normalized spacial score (nSPS) is 34.4. The molecule has 2 radical (unpaired) electrons. The zero-order chi connectivity index (χ0) is 12.0. The quantitative estimate of drug-likeness (QED) is 0.600. The molecule has 0 bridgehead atoms. The van der Waals surface area contributed by atoms with Crippen LogP contribution < -0.4 is 0 Å². The molecule has 1 heterocycles. The van der Waals surface area contributed by atoms with Crippen molar-refractivity contribution in [3.63, 3.8) is 0 Å². The molecule has 1 nitrogen and oxygen atoms in total. The van der Waals surface area contributed by atoms with Crippen molar-refractivity contribution in [3.05, 3.63) is 23.8 Å². The van der Waals surface area contributed by atoms with Gasteiger partial charge in [0.1, 0.15) is 4.93 Å². The third-order valence-corrected chi connectivity index (χ3v) is 5.01. The Morgan fingerprint density at radius 2 is 1.88 bits per heavy atom. The Hall–Kier alpha value is 1.36. The van der Waals surface area contributed by atoms with Crippen molar-refractivity contribution in [2.45, 2.75) is 50.2 Å². The van der Waals surface area contributed by atoms with Crippen LogP contribution >= 0.6 is 11.8 Å². The molecular weight excluding hydrogens is 354 g/mol. The van der Waals surface area contributed by atoms with E-state index in [0.717, 1.165) is 12.8 Å². The SMILES string of the molecule is CC(C)CC1=CC=CC2(O)SC12CC(C)C.[Ba]. The first-order valence-electron chi connectivity index (χ1n) is 6.21. The molecule has 17 heavy (non-hydrogen) atoms. The van der Waals surface area contributed by atoms with Gasteiger partial charge in [-0.15, -0.1) is 11.8 Å². The van der Waals surface area contributed by atoms with Crippen molar-refractivity contribution in [1.29, 1.82) is 0 Å². The molecule has 92 valence electrons. The van der Waals surface area contributed by atoms with Crippen molar-refractivity contribution >= 4 is 60.6 Å². The fourth-order valence-corrected chi connectivity index (χ4v) is 4.31. The number of fused-ring (bicyclic) bond motifs is 1. The molecule has 0 aromatic carbocycles. The molecule has 1 fully saturated rings. The summed E-state index contributed by atoms with van der Waals surface area (Å²) in [6.07, 6.45) is 8.39. The molecule has 0 saturated carbocycles. The van der Waals surface area contributed by atoms with Gasteiger partial charge in [0.25, 0.3) is 0 Å². The van der Waals surface area contributed by atoms with Crippen LogP contribution in [0.15, 0.2) is 23.8 Å². The molecule has 0 spiro atoms. The van der Waals surface area contributed by atoms with Crippen LogP contribution in [0.3, 0.4) is 0 Å². The van der Waals surface area contributed by atoms with Crippen molar-refractivity contribution < 1.29 is 5.11 Å². The average Bonchev–Trinajstić information content (AvgIpc) is 2.70. The monoisotopic (exact) mass is 376 g/mol. The Morgan fingerprint density at radius 1 is 1.24 bits per heavy atom. The predicted molar refractivity (Wildman–Crippen MR) is 77.2 cm³/mol. The van der Waals surface area contributed by atoms with E-state index in [1.54, 1.807) is 11.8 Å². The number of aliphatic hydroxyl groups is 1. The fraction of sp³-hybridized carbons (Fsp3) is 0.714. The number of hydrogen-bond acceptors (Lipinski definition) is 2. The Bertz CT molecular complexity index is 348. The van der Waals surface area contributed by atoms with E-state index in [4.69, 9.17) is 0 Å². The van der Waals surface area contributed by atoms with E-state index in [1.807, 2.05) is 12.2 Å². The first-order valence-corrected chi connectivity index (χ1v) is 7.03. The summed E-state index contributed by atoms with van der Waals surface area (Å²) in [6, 6.07) is 0. The van der Waals surface area contributed by atoms with Gasteiger partial charge in [0, 0.05) is 48.9 Å². The van der Waals surface area contributed by atoms with E-state index >= 15 is 0 Å². The number of allylic oxidation sites excluding steroid dienone is 2. The van der Waals surface area contributed by atoms with Crippen LogP contribution in [0.2, 0.25) is 0 Å². The van der Waals surface area contributed by atoms with Gasteiger partial charge in [0.05, 0.1) is 4.75 Å². The molecule has 2 rings (SSSR count). The summed E-state index contributed by atoms with van der Waals surface area (Å²) in [6.45, 7) is 8.96. The van der Waals surface area contributed by atoms with E-state index < -0.39 is 4.93 Å². The van der Waals surface area contributed by atoms with E-state index in [0.29, 0.717) is 11.8 Å². The Morgan fingerprint density at radius 3 is 2.41 bits per heavy atom. The number of rotatable bonds is 4. The summed E-state index contributed by atoms with van der Waals surface area (Å²) in [7, 11) is 0. The van der Waals surface area contributed by atoms with Gasteiger partial charge in [-0.2, -0.15) is 0 Å². The van der Waals surface area contributed by atoms with Gasteiger partial charge < -0.3 is 5.11 Å². The van der Waals surface area contributed by atoms with Gasteiger partial charge in [0.15, 0.2) is 0 Å². The predicted octanol–water partition coefficient (Wildman–Crippen LogP) is 3.37. The largest absolute Gasteiger partial charge is 0.374 e. The van der Waals surface area contributed by atoms with Crippen molar-refractivity contribution in [3.8, 4) is 0 Å². The van der Waals surface area contributed by atoms with Crippen LogP contribution in [0.5, 0.6) is 0 Å². The zero-order valence-electron chi connectivity index (χ0n) is 11.4. The van der Waals surface area contributed by atoms with E-state index in [-0.39, 0.29) is 53.6 Å².